The Kier molecular flexibility index (Phi) is 5.60. The van der Waals surface area contributed by atoms with Gasteiger partial charge >= 0.3 is 0 Å². The molecule has 2 heterocycles. The number of carbonyl (C=O) groups excluding carboxylic acids is 3. The number of imide groups is 1. The largest absolute Gasteiger partial charge is 0.343 e. The summed E-state index contributed by atoms with van der Waals surface area (Å²) in [4.78, 5) is 38.3. The Bertz CT molecular complexity index is 479. The molecule has 1 saturated heterocycles. The van der Waals surface area contributed by atoms with E-state index in [9.17, 15) is 14.4 Å². The van der Waals surface area contributed by atoms with Crippen molar-refractivity contribution in [3.63, 3.8) is 0 Å². The van der Waals surface area contributed by atoms with Crippen molar-refractivity contribution in [3.8, 4) is 0 Å². The van der Waals surface area contributed by atoms with Crippen LogP contribution in [0, 0.1) is 11.3 Å². The van der Waals surface area contributed by atoms with Gasteiger partial charge in [0.25, 0.3) is 11.8 Å². The SMILES string of the molecule is CC(C)(C)C1CCN(C(=O)CCCCN2C(=O)C=CC2=O)CC1. The molecule has 0 radical (unpaired) electrons. The smallest absolute Gasteiger partial charge is 0.253 e. The van der Waals surface area contributed by atoms with E-state index in [0.29, 0.717) is 30.7 Å². The molecule has 128 valence electrons. The highest BCUT2D eigenvalue weighted by Gasteiger charge is 2.30. The van der Waals surface area contributed by atoms with Gasteiger partial charge in [0.05, 0.1) is 0 Å². The van der Waals surface area contributed by atoms with Crippen LogP contribution < -0.4 is 0 Å². The summed E-state index contributed by atoms with van der Waals surface area (Å²) in [6, 6.07) is 0. The molecule has 0 aliphatic carbocycles. The van der Waals surface area contributed by atoms with Crippen molar-refractivity contribution < 1.29 is 14.4 Å². The van der Waals surface area contributed by atoms with Gasteiger partial charge in [-0.25, -0.2) is 0 Å². The first kappa shape index (κ1) is 17.7. The molecule has 3 amide bonds. The van der Waals surface area contributed by atoms with Gasteiger partial charge in [0.1, 0.15) is 0 Å². The molecule has 2 aliphatic heterocycles. The Morgan fingerprint density at radius 2 is 1.65 bits per heavy atom. The molecule has 0 unspecified atom stereocenters. The molecule has 2 aliphatic rings. The summed E-state index contributed by atoms with van der Waals surface area (Å²) in [6.45, 7) is 8.92. The molecule has 0 aromatic rings. The molecule has 5 heteroatoms. The highest BCUT2D eigenvalue weighted by Crippen LogP contribution is 2.34. The number of rotatable bonds is 5. The molecule has 23 heavy (non-hydrogen) atoms. The second-order valence-electron chi connectivity index (χ2n) is 7.64. The minimum absolute atomic E-state index is 0.203. The minimum atomic E-state index is -0.245. The number of amides is 3. The van der Waals surface area contributed by atoms with E-state index in [2.05, 4.69) is 20.8 Å². The number of unbranched alkanes of at least 4 members (excludes halogenated alkanes) is 1. The average Bonchev–Trinajstić information content (AvgIpc) is 2.82. The molecule has 0 spiro atoms. The molecular formula is C18H28N2O3. The van der Waals surface area contributed by atoms with Crippen LogP contribution in [0.3, 0.4) is 0 Å². The van der Waals surface area contributed by atoms with Crippen molar-refractivity contribution in [3.05, 3.63) is 12.2 Å². The first-order valence-corrected chi connectivity index (χ1v) is 8.60. The van der Waals surface area contributed by atoms with E-state index in [1.54, 1.807) is 0 Å². The maximum absolute atomic E-state index is 12.2. The molecule has 5 nitrogen and oxygen atoms in total. The van der Waals surface area contributed by atoms with Crippen LogP contribution in [0.5, 0.6) is 0 Å². The summed E-state index contributed by atoms with van der Waals surface area (Å²) >= 11 is 0. The monoisotopic (exact) mass is 320 g/mol. The fraction of sp³-hybridized carbons (Fsp3) is 0.722. The third-order valence-corrected chi connectivity index (χ3v) is 5.00. The molecule has 0 aromatic heterocycles. The third kappa shape index (κ3) is 4.66. The van der Waals surface area contributed by atoms with Gasteiger partial charge < -0.3 is 4.90 Å². The fourth-order valence-corrected chi connectivity index (χ4v) is 3.35. The van der Waals surface area contributed by atoms with Crippen LogP contribution in [0.25, 0.3) is 0 Å². The van der Waals surface area contributed by atoms with Gasteiger partial charge in [0.2, 0.25) is 5.91 Å². The van der Waals surface area contributed by atoms with E-state index >= 15 is 0 Å². The van der Waals surface area contributed by atoms with Crippen molar-refractivity contribution in [1.29, 1.82) is 0 Å². The molecule has 0 saturated carbocycles. The van der Waals surface area contributed by atoms with E-state index < -0.39 is 0 Å². The van der Waals surface area contributed by atoms with E-state index in [-0.39, 0.29) is 17.7 Å². The molecule has 0 atom stereocenters. The van der Waals surface area contributed by atoms with Crippen LogP contribution >= 0.6 is 0 Å². The average molecular weight is 320 g/mol. The van der Waals surface area contributed by atoms with Crippen LogP contribution in [0.1, 0.15) is 52.9 Å². The quantitative estimate of drug-likeness (QED) is 0.577. The van der Waals surface area contributed by atoms with Crippen LogP contribution in [0.15, 0.2) is 12.2 Å². The lowest BCUT2D eigenvalue weighted by atomic mass is 9.75. The Labute approximate surface area is 138 Å². The number of nitrogens with zero attached hydrogens (tertiary/aromatic N) is 2. The van der Waals surface area contributed by atoms with Gasteiger partial charge in [0, 0.05) is 38.2 Å². The highest BCUT2D eigenvalue weighted by molar-refractivity contribution is 6.12. The first-order valence-electron chi connectivity index (χ1n) is 8.60. The van der Waals surface area contributed by atoms with Crippen LogP contribution in [-0.4, -0.2) is 47.2 Å². The van der Waals surface area contributed by atoms with Crippen molar-refractivity contribution in [2.75, 3.05) is 19.6 Å². The number of hydrogen-bond donors (Lipinski definition) is 0. The summed E-state index contributed by atoms with van der Waals surface area (Å²) in [5, 5.41) is 0. The lowest BCUT2D eigenvalue weighted by molar-refractivity contribution is -0.136. The highest BCUT2D eigenvalue weighted by atomic mass is 16.2. The zero-order chi connectivity index (χ0) is 17.0. The Balaban J connectivity index is 1.64. The van der Waals surface area contributed by atoms with Crippen LogP contribution in [0.2, 0.25) is 0 Å². The van der Waals surface area contributed by atoms with E-state index in [4.69, 9.17) is 0 Å². The third-order valence-electron chi connectivity index (χ3n) is 5.00. The summed E-state index contributed by atoms with van der Waals surface area (Å²) in [5.41, 5.74) is 0.317. The van der Waals surface area contributed by atoms with Crippen LogP contribution in [0.4, 0.5) is 0 Å². The Hall–Kier alpha value is -1.65. The van der Waals surface area contributed by atoms with E-state index in [1.807, 2.05) is 4.90 Å². The van der Waals surface area contributed by atoms with Crippen molar-refractivity contribution >= 4 is 17.7 Å². The zero-order valence-corrected chi connectivity index (χ0v) is 14.5. The molecule has 1 fully saturated rings. The zero-order valence-electron chi connectivity index (χ0n) is 14.5. The van der Waals surface area contributed by atoms with Crippen molar-refractivity contribution in [2.45, 2.75) is 52.9 Å². The van der Waals surface area contributed by atoms with Crippen molar-refractivity contribution in [1.82, 2.24) is 9.80 Å². The standard InChI is InChI=1S/C18H28N2O3/c1-18(2,3)14-9-12-19(13-10-14)15(21)6-4-5-11-20-16(22)7-8-17(20)23/h7-8,14H,4-6,9-13H2,1-3H3. The maximum atomic E-state index is 12.2. The summed E-state index contributed by atoms with van der Waals surface area (Å²) in [7, 11) is 0. The molecular weight excluding hydrogens is 292 g/mol. The van der Waals surface area contributed by atoms with Gasteiger partial charge in [-0.05, 0) is 37.0 Å². The number of carbonyl (C=O) groups is 3. The lowest BCUT2D eigenvalue weighted by Gasteiger charge is -2.38. The number of hydrogen-bond acceptors (Lipinski definition) is 3. The second-order valence-corrected chi connectivity index (χ2v) is 7.64. The van der Waals surface area contributed by atoms with Gasteiger partial charge in [-0.3, -0.25) is 19.3 Å². The second kappa shape index (κ2) is 7.28. The van der Waals surface area contributed by atoms with Gasteiger partial charge in [-0.15, -0.1) is 0 Å². The van der Waals surface area contributed by atoms with Gasteiger partial charge in [-0.2, -0.15) is 0 Å². The molecule has 0 bridgehead atoms. The molecule has 2 rings (SSSR count). The molecule has 0 aromatic carbocycles. The normalized spacial score (nSPS) is 19.8. The maximum Gasteiger partial charge on any atom is 0.253 e. The van der Waals surface area contributed by atoms with Crippen molar-refractivity contribution in [2.24, 2.45) is 11.3 Å². The minimum Gasteiger partial charge on any atom is -0.343 e. The summed E-state index contributed by atoms with van der Waals surface area (Å²) in [5.74, 6) is 0.400. The Morgan fingerprint density at radius 1 is 1.09 bits per heavy atom. The van der Waals surface area contributed by atoms with Gasteiger partial charge in [-0.1, -0.05) is 20.8 Å². The number of piperidine rings is 1. The van der Waals surface area contributed by atoms with E-state index in [1.165, 1.54) is 17.1 Å². The predicted octanol–water partition coefficient (Wildman–Crippen LogP) is 2.37. The van der Waals surface area contributed by atoms with Gasteiger partial charge in [0.15, 0.2) is 0 Å². The number of likely N-dealkylation sites (tertiary alicyclic amines) is 1. The Morgan fingerprint density at radius 3 is 2.17 bits per heavy atom. The fourth-order valence-electron chi connectivity index (χ4n) is 3.35. The lowest BCUT2D eigenvalue weighted by Crippen LogP contribution is -2.41. The molecule has 0 N–H and O–H groups in total. The van der Waals surface area contributed by atoms with E-state index in [0.717, 1.165) is 32.4 Å². The predicted molar refractivity (Wildman–Crippen MR) is 88.5 cm³/mol. The topological polar surface area (TPSA) is 57.7 Å². The first-order chi connectivity index (χ1) is 10.8. The van der Waals surface area contributed by atoms with Crippen LogP contribution in [-0.2, 0) is 14.4 Å². The summed E-state index contributed by atoms with van der Waals surface area (Å²) in [6.07, 6.45) is 6.66. The summed E-state index contributed by atoms with van der Waals surface area (Å²) < 4.78 is 0.